The Morgan fingerprint density at radius 3 is 1.98 bits per heavy atom. The molecule has 0 aliphatic rings. The molecule has 0 saturated carbocycles. The van der Waals surface area contributed by atoms with Gasteiger partial charge in [-0.05, 0) is 40.9 Å². The number of benzene rings is 6. The first-order valence-corrected chi connectivity index (χ1v) is 17.2. The molecular formula is C47H35IrN3O-2. The van der Waals surface area contributed by atoms with Gasteiger partial charge >= 0.3 is 0 Å². The van der Waals surface area contributed by atoms with E-state index in [2.05, 4.69) is 145 Å². The molecule has 6 aromatic carbocycles. The normalized spacial score (nSPS) is 10.9. The maximum absolute atomic E-state index is 5.98. The average Bonchev–Trinajstić information content (AvgIpc) is 3.80. The van der Waals surface area contributed by atoms with Gasteiger partial charge < -0.3 is 14.0 Å². The molecule has 3 heterocycles. The van der Waals surface area contributed by atoms with Crippen LogP contribution in [0.5, 0.6) is 0 Å². The van der Waals surface area contributed by atoms with Crippen LogP contribution in [0.4, 0.5) is 0 Å². The summed E-state index contributed by atoms with van der Waals surface area (Å²) in [5.74, 6) is 1.22. The quantitative estimate of drug-likeness (QED) is 0.157. The third-order valence-corrected chi connectivity index (χ3v) is 9.07. The third kappa shape index (κ3) is 6.89. The predicted molar refractivity (Wildman–Crippen MR) is 209 cm³/mol. The summed E-state index contributed by atoms with van der Waals surface area (Å²) < 4.78 is 8.27. The monoisotopic (exact) mass is 850 g/mol. The van der Waals surface area contributed by atoms with Gasteiger partial charge in [-0.3, -0.25) is 4.98 Å². The first-order chi connectivity index (χ1) is 25.2. The first-order valence-electron chi connectivity index (χ1n) is 17.2. The molecule has 52 heavy (non-hydrogen) atoms. The molecule has 0 amide bonds. The maximum Gasteiger partial charge on any atom is 0.0774 e. The summed E-state index contributed by atoms with van der Waals surface area (Å²) >= 11 is 0. The van der Waals surface area contributed by atoms with E-state index in [0.29, 0.717) is 5.92 Å². The van der Waals surface area contributed by atoms with Gasteiger partial charge in [0.05, 0.1) is 22.5 Å². The van der Waals surface area contributed by atoms with Crippen LogP contribution in [-0.2, 0) is 20.1 Å². The van der Waals surface area contributed by atoms with Crippen molar-refractivity contribution in [1.29, 1.82) is 0 Å². The van der Waals surface area contributed by atoms with Crippen LogP contribution in [0.2, 0.25) is 0 Å². The van der Waals surface area contributed by atoms with Gasteiger partial charge in [0.15, 0.2) is 0 Å². The molecule has 9 aromatic rings. The number of hydrogen-bond donors (Lipinski definition) is 0. The smallest absolute Gasteiger partial charge is 0.0774 e. The predicted octanol–water partition coefficient (Wildman–Crippen LogP) is 12.2. The van der Waals surface area contributed by atoms with E-state index in [9.17, 15) is 0 Å². The number of fused-ring (bicyclic) bond motifs is 2. The zero-order valence-electron chi connectivity index (χ0n) is 28.8. The largest absolute Gasteiger partial charge is 0.557 e. The van der Waals surface area contributed by atoms with Gasteiger partial charge in [-0.2, -0.15) is 0 Å². The van der Waals surface area contributed by atoms with Gasteiger partial charge in [0.1, 0.15) is 0 Å². The van der Waals surface area contributed by atoms with Gasteiger partial charge in [-0.15, -0.1) is 35.9 Å². The second kappa shape index (κ2) is 15.6. The Morgan fingerprint density at radius 1 is 0.654 bits per heavy atom. The summed E-state index contributed by atoms with van der Waals surface area (Å²) in [7, 11) is 0. The maximum atomic E-state index is 5.98. The standard InChI is InChI=1S/C36H27N2O.C11H8N.Ir/c1-24(2)27-20-21-34-30(22-27)31(23-39-34)36-37-32-18-9-10-19-33(32)38(36)35-28(25-12-5-3-6-13-25)16-11-17-29(35)26-14-7-4-8-15-26;1-2-6-10(7-3-1)11-8-4-5-9-12-11;/h3-22,24H,1-2H3;1-6,8-9H;/q2*-1;. The summed E-state index contributed by atoms with van der Waals surface area (Å²) in [6.45, 7) is 4.42. The van der Waals surface area contributed by atoms with Crippen LogP contribution in [0.15, 0.2) is 174 Å². The van der Waals surface area contributed by atoms with Crippen molar-refractivity contribution in [2.24, 2.45) is 0 Å². The molecule has 4 nitrogen and oxygen atoms in total. The molecular weight excluding hydrogens is 815 g/mol. The van der Waals surface area contributed by atoms with E-state index < -0.39 is 0 Å². The average molecular weight is 850 g/mol. The number of hydrogen-bond acceptors (Lipinski definition) is 3. The molecule has 0 aliphatic heterocycles. The topological polar surface area (TPSA) is 43.9 Å². The third-order valence-electron chi connectivity index (χ3n) is 9.07. The molecule has 9 rings (SSSR count). The molecule has 1 radical (unpaired) electrons. The van der Waals surface area contributed by atoms with Gasteiger partial charge in [0.2, 0.25) is 0 Å². The second-order valence-corrected chi connectivity index (χ2v) is 12.7. The van der Waals surface area contributed by atoms with Crippen molar-refractivity contribution in [3.63, 3.8) is 0 Å². The SMILES string of the molecule is CC(C)c1ccc2o[c-]c(-c3nc4ccccc4n3-c3c(-c4ccccc4)cccc3-c3ccccc3)c2c1.[Ir].[c-]1ccccc1-c1ccccn1. The van der Waals surface area contributed by atoms with Crippen molar-refractivity contribution in [2.75, 3.05) is 0 Å². The molecule has 0 fully saturated rings. The number of pyridine rings is 1. The Morgan fingerprint density at radius 2 is 1.33 bits per heavy atom. The Labute approximate surface area is 317 Å². The van der Waals surface area contributed by atoms with Crippen molar-refractivity contribution in [3.8, 4) is 50.6 Å². The molecule has 0 unspecified atom stereocenters. The zero-order chi connectivity index (χ0) is 34.6. The van der Waals surface area contributed by atoms with Gasteiger partial charge in [-0.25, -0.2) is 0 Å². The number of para-hydroxylation sites is 3. The van der Waals surface area contributed by atoms with Crippen molar-refractivity contribution < 1.29 is 24.5 Å². The van der Waals surface area contributed by atoms with E-state index in [1.807, 2.05) is 54.6 Å². The van der Waals surface area contributed by atoms with Crippen LogP contribution >= 0.6 is 0 Å². The minimum atomic E-state index is 0. The van der Waals surface area contributed by atoms with E-state index >= 15 is 0 Å². The molecule has 0 spiro atoms. The van der Waals surface area contributed by atoms with Crippen molar-refractivity contribution in [2.45, 2.75) is 19.8 Å². The summed E-state index contributed by atoms with van der Waals surface area (Å²) in [4.78, 5) is 9.42. The van der Waals surface area contributed by atoms with E-state index in [-0.39, 0.29) is 20.1 Å². The summed E-state index contributed by atoms with van der Waals surface area (Å²) in [5.41, 5.74) is 12.6. The number of furan rings is 1. The van der Waals surface area contributed by atoms with E-state index in [4.69, 9.17) is 9.40 Å². The molecule has 0 bridgehead atoms. The minimum Gasteiger partial charge on any atom is -0.557 e. The van der Waals surface area contributed by atoms with E-state index in [1.165, 1.54) is 5.56 Å². The number of rotatable bonds is 6. The van der Waals surface area contributed by atoms with Crippen LogP contribution in [0.25, 0.3) is 72.6 Å². The van der Waals surface area contributed by atoms with E-state index in [1.54, 1.807) is 6.20 Å². The number of aromatic nitrogens is 3. The fourth-order valence-corrected chi connectivity index (χ4v) is 6.50. The first kappa shape index (κ1) is 34.6. The van der Waals surface area contributed by atoms with Crippen LogP contribution in [0.1, 0.15) is 25.3 Å². The van der Waals surface area contributed by atoms with Crippen LogP contribution in [0.3, 0.4) is 0 Å². The van der Waals surface area contributed by atoms with Crippen LogP contribution < -0.4 is 0 Å². The molecule has 5 heteroatoms. The van der Waals surface area contributed by atoms with Gasteiger partial charge in [-0.1, -0.05) is 152 Å². The van der Waals surface area contributed by atoms with Gasteiger partial charge in [0.25, 0.3) is 0 Å². The molecule has 255 valence electrons. The Bertz CT molecular complexity index is 2450. The Balaban J connectivity index is 0.000000275. The molecule has 0 saturated heterocycles. The van der Waals surface area contributed by atoms with Crippen molar-refractivity contribution >= 4 is 22.0 Å². The fourth-order valence-electron chi connectivity index (χ4n) is 6.50. The van der Waals surface area contributed by atoms with Crippen LogP contribution in [-0.4, -0.2) is 14.5 Å². The Kier molecular flexibility index (Phi) is 10.4. The number of nitrogens with zero attached hydrogens (tertiary/aromatic N) is 3. The molecule has 0 aliphatic carbocycles. The molecule has 3 aromatic heterocycles. The summed E-state index contributed by atoms with van der Waals surface area (Å²) in [6, 6.07) is 59.2. The fraction of sp³-hybridized carbons (Fsp3) is 0.0638. The van der Waals surface area contributed by atoms with Crippen molar-refractivity contribution in [3.05, 3.63) is 188 Å². The second-order valence-electron chi connectivity index (χ2n) is 12.7. The van der Waals surface area contributed by atoms with Gasteiger partial charge in [0, 0.05) is 49.3 Å². The summed E-state index contributed by atoms with van der Waals surface area (Å²) in [5, 5.41) is 1.02. The summed E-state index contributed by atoms with van der Waals surface area (Å²) in [6.07, 6.45) is 5.02. The molecule has 0 atom stereocenters. The zero-order valence-corrected chi connectivity index (χ0v) is 31.2. The number of imidazole rings is 1. The van der Waals surface area contributed by atoms with Crippen LogP contribution in [0, 0.1) is 12.3 Å². The van der Waals surface area contributed by atoms with E-state index in [0.717, 1.165) is 72.6 Å². The van der Waals surface area contributed by atoms with Crippen molar-refractivity contribution in [1.82, 2.24) is 14.5 Å². The molecule has 0 N–H and O–H groups in total. The minimum absolute atomic E-state index is 0. The Hall–Kier alpha value is -5.87.